The lowest BCUT2D eigenvalue weighted by Crippen LogP contribution is -2.32. The minimum absolute atomic E-state index is 0.0697. The van der Waals surface area contributed by atoms with Crippen LogP contribution in [-0.4, -0.2) is 30.5 Å². The number of hydrogen-bond acceptors (Lipinski definition) is 3. The second kappa shape index (κ2) is 6.57. The molecule has 2 N–H and O–H groups in total. The first-order chi connectivity index (χ1) is 9.20. The maximum absolute atomic E-state index is 11.8. The van der Waals surface area contributed by atoms with Crippen LogP contribution in [-0.2, 0) is 4.79 Å². The van der Waals surface area contributed by atoms with Gasteiger partial charge < -0.3 is 15.4 Å². The molecule has 1 aromatic rings. The summed E-state index contributed by atoms with van der Waals surface area (Å²) in [6, 6.07) is 7.75. The van der Waals surface area contributed by atoms with E-state index in [0.29, 0.717) is 0 Å². The van der Waals surface area contributed by atoms with Crippen LogP contribution in [0.15, 0.2) is 24.3 Å². The Bertz CT molecular complexity index is 411. The van der Waals surface area contributed by atoms with Crippen LogP contribution in [0.4, 0.5) is 0 Å². The van der Waals surface area contributed by atoms with Gasteiger partial charge in [0, 0.05) is 19.1 Å². The minimum atomic E-state index is 0.0697. The van der Waals surface area contributed by atoms with E-state index in [-0.39, 0.29) is 18.6 Å². The van der Waals surface area contributed by atoms with Crippen LogP contribution in [0.25, 0.3) is 0 Å². The number of likely N-dealkylation sites (tertiary alicyclic amines) is 1. The Morgan fingerprint density at radius 3 is 2.53 bits per heavy atom. The van der Waals surface area contributed by atoms with Crippen molar-refractivity contribution < 1.29 is 9.53 Å². The summed E-state index contributed by atoms with van der Waals surface area (Å²) in [5, 5.41) is 0. The van der Waals surface area contributed by atoms with Crippen molar-refractivity contribution in [2.24, 2.45) is 5.73 Å². The second-order valence-electron chi connectivity index (χ2n) is 4.96. The third kappa shape index (κ3) is 3.70. The largest absolute Gasteiger partial charge is 0.484 e. The van der Waals surface area contributed by atoms with E-state index in [1.165, 1.54) is 0 Å². The normalized spacial score (nSPS) is 16.4. The fraction of sp³-hybridized carbons (Fsp3) is 0.533. The van der Waals surface area contributed by atoms with Crippen LogP contribution in [0.2, 0.25) is 0 Å². The highest BCUT2D eigenvalue weighted by molar-refractivity contribution is 5.78. The predicted octanol–water partition coefficient (Wildman–Crippen LogP) is 2.10. The van der Waals surface area contributed by atoms with Crippen LogP contribution >= 0.6 is 0 Å². The first-order valence-electron chi connectivity index (χ1n) is 6.97. The Morgan fingerprint density at radius 1 is 1.32 bits per heavy atom. The van der Waals surface area contributed by atoms with E-state index in [4.69, 9.17) is 10.5 Å². The Balaban J connectivity index is 1.84. The molecule has 1 atom stereocenters. The van der Waals surface area contributed by atoms with Crippen molar-refractivity contribution in [1.82, 2.24) is 4.90 Å². The number of ether oxygens (including phenoxy) is 1. The lowest BCUT2D eigenvalue weighted by molar-refractivity contribution is -0.132. The molecule has 4 heteroatoms. The van der Waals surface area contributed by atoms with Gasteiger partial charge in [-0.15, -0.1) is 0 Å². The van der Waals surface area contributed by atoms with Gasteiger partial charge in [-0.1, -0.05) is 19.1 Å². The van der Waals surface area contributed by atoms with Gasteiger partial charge in [0.2, 0.25) is 0 Å². The second-order valence-corrected chi connectivity index (χ2v) is 4.96. The van der Waals surface area contributed by atoms with Gasteiger partial charge in [0.25, 0.3) is 5.91 Å². The molecule has 1 amide bonds. The molecule has 0 radical (unpaired) electrons. The molecule has 0 unspecified atom stereocenters. The van der Waals surface area contributed by atoms with Gasteiger partial charge in [0.1, 0.15) is 5.75 Å². The average Bonchev–Trinajstić information content (AvgIpc) is 2.98. The van der Waals surface area contributed by atoms with Crippen LogP contribution < -0.4 is 10.5 Å². The highest BCUT2D eigenvalue weighted by atomic mass is 16.5. The molecule has 0 aromatic heterocycles. The molecule has 0 spiro atoms. The lowest BCUT2D eigenvalue weighted by Gasteiger charge is -2.16. The van der Waals surface area contributed by atoms with E-state index >= 15 is 0 Å². The van der Waals surface area contributed by atoms with Crippen molar-refractivity contribution in [3.8, 4) is 5.75 Å². The molecule has 1 fully saturated rings. The molecule has 0 saturated carbocycles. The zero-order chi connectivity index (χ0) is 13.7. The van der Waals surface area contributed by atoms with Gasteiger partial charge >= 0.3 is 0 Å². The minimum Gasteiger partial charge on any atom is -0.484 e. The van der Waals surface area contributed by atoms with Gasteiger partial charge in [-0.3, -0.25) is 4.79 Å². The van der Waals surface area contributed by atoms with Crippen molar-refractivity contribution >= 4 is 5.91 Å². The number of rotatable bonds is 5. The summed E-state index contributed by atoms with van der Waals surface area (Å²) in [5.74, 6) is 0.798. The molecule has 2 rings (SSSR count). The first kappa shape index (κ1) is 13.9. The Kier molecular flexibility index (Phi) is 4.80. The summed E-state index contributed by atoms with van der Waals surface area (Å²) in [6.45, 7) is 3.92. The third-order valence-electron chi connectivity index (χ3n) is 3.57. The van der Waals surface area contributed by atoms with Crippen LogP contribution in [0, 0.1) is 0 Å². The summed E-state index contributed by atoms with van der Waals surface area (Å²) in [6.07, 6.45) is 3.12. The summed E-state index contributed by atoms with van der Waals surface area (Å²) in [7, 11) is 0. The molecule has 19 heavy (non-hydrogen) atoms. The standard InChI is InChI=1S/C15H22N2O2/c1-2-14(16)12-5-7-13(8-6-12)19-11-15(18)17-9-3-4-10-17/h5-8,14H,2-4,9-11,16H2,1H3/t14-/m0/s1. The van der Waals surface area contributed by atoms with Crippen molar-refractivity contribution in [1.29, 1.82) is 0 Å². The molecule has 1 saturated heterocycles. The Hall–Kier alpha value is -1.55. The van der Waals surface area contributed by atoms with Crippen LogP contribution in [0.3, 0.4) is 0 Å². The van der Waals surface area contributed by atoms with Gasteiger partial charge in [-0.2, -0.15) is 0 Å². The summed E-state index contributed by atoms with van der Waals surface area (Å²) in [4.78, 5) is 13.7. The van der Waals surface area contributed by atoms with E-state index in [9.17, 15) is 4.79 Å². The zero-order valence-corrected chi connectivity index (χ0v) is 11.5. The third-order valence-corrected chi connectivity index (χ3v) is 3.57. The van der Waals surface area contributed by atoms with Gasteiger partial charge in [0.15, 0.2) is 6.61 Å². The number of nitrogens with two attached hydrogens (primary N) is 1. The maximum Gasteiger partial charge on any atom is 0.260 e. The molecule has 0 aliphatic carbocycles. The van der Waals surface area contributed by atoms with E-state index in [1.54, 1.807) is 0 Å². The zero-order valence-electron chi connectivity index (χ0n) is 11.5. The highest BCUT2D eigenvalue weighted by Crippen LogP contribution is 2.18. The molecule has 1 aliphatic heterocycles. The highest BCUT2D eigenvalue weighted by Gasteiger charge is 2.18. The van der Waals surface area contributed by atoms with Crippen molar-refractivity contribution in [2.75, 3.05) is 19.7 Å². The van der Waals surface area contributed by atoms with E-state index in [1.807, 2.05) is 29.2 Å². The quantitative estimate of drug-likeness (QED) is 0.884. The van der Waals surface area contributed by atoms with E-state index in [2.05, 4.69) is 6.92 Å². The van der Waals surface area contributed by atoms with Gasteiger partial charge in [0.05, 0.1) is 0 Å². The fourth-order valence-electron chi connectivity index (χ4n) is 2.25. The monoisotopic (exact) mass is 262 g/mol. The SMILES string of the molecule is CC[C@H](N)c1ccc(OCC(=O)N2CCCC2)cc1. The van der Waals surface area contributed by atoms with Crippen molar-refractivity contribution in [3.63, 3.8) is 0 Å². The summed E-state index contributed by atoms with van der Waals surface area (Å²) >= 11 is 0. The summed E-state index contributed by atoms with van der Waals surface area (Å²) in [5.41, 5.74) is 7.05. The van der Waals surface area contributed by atoms with Crippen LogP contribution in [0.5, 0.6) is 5.75 Å². The predicted molar refractivity (Wildman–Crippen MR) is 75.0 cm³/mol. The summed E-state index contributed by atoms with van der Waals surface area (Å²) < 4.78 is 5.52. The first-order valence-corrected chi connectivity index (χ1v) is 6.97. The van der Waals surface area contributed by atoms with E-state index in [0.717, 1.165) is 43.7 Å². The molecular weight excluding hydrogens is 240 g/mol. The molecule has 1 aromatic carbocycles. The average molecular weight is 262 g/mol. The van der Waals surface area contributed by atoms with E-state index < -0.39 is 0 Å². The number of carbonyl (C=O) groups is 1. The molecule has 1 heterocycles. The lowest BCUT2D eigenvalue weighted by atomic mass is 10.1. The smallest absolute Gasteiger partial charge is 0.260 e. The Labute approximate surface area is 114 Å². The molecule has 1 aliphatic rings. The van der Waals surface area contributed by atoms with Gasteiger partial charge in [-0.05, 0) is 37.0 Å². The fourth-order valence-corrected chi connectivity index (χ4v) is 2.25. The van der Waals surface area contributed by atoms with Gasteiger partial charge in [-0.25, -0.2) is 0 Å². The van der Waals surface area contributed by atoms with Crippen LogP contribution in [0.1, 0.15) is 37.8 Å². The van der Waals surface area contributed by atoms with Crippen molar-refractivity contribution in [2.45, 2.75) is 32.2 Å². The topological polar surface area (TPSA) is 55.6 Å². The maximum atomic E-state index is 11.8. The molecule has 104 valence electrons. The number of hydrogen-bond donors (Lipinski definition) is 1. The number of amides is 1. The number of benzene rings is 1. The molecule has 0 bridgehead atoms. The number of nitrogens with zero attached hydrogens (tertiary/aromatic N) is 1. The molecular formula is C15H22N2O2. The Morgan fingerprint density at radius 2 is 1.95 bits per heavy atom. The van der Waals surface area contributed by atoms with Crippen molar-refractivity contribution in [3.05, 3.63) is 29.8 Å². The molecule has 4 nitrogen and oxygen atoms in total. The number of carbonyl (C=O) groups excluding carboxylic acids is 1.